The lowest BCUT2D eigenvalue weighted by atomic mass is 10.0. The van der Waals surface area contributed by atoms with Gasteiger partial charge < -0.3 is 0 Å². The van der Waals surface area contributed by atoms with Gasteiger partial charge in [0.1, 0.15) is 5.82 Å². The molecular formula is C22H22FN3O3. The summed E-state index contributed by atoms with van der Waals surface area (Å²) < 4.78 is 13.3. The number of nitrogens with one attached hydrogen (secondary N) is 2. The van der Waals surface area contributed by atoms with E-state index in [1.807, 2.05) is 17.1 Å². The third-order valence-corrected chi connectivity index (χ3v) is 4.55. The molecule has 1 aliphatic heterocycles. The Morgan fingerprint density at radius 1 is 0.966 bits per heavy atom. The van der Waals surface area contributed by atoms with Crippen molar-refractivity contribution >= 4 is 29.5 Å². The summed E-state index contributed by atoms with van der Waals surface area (Å²) in [6, 6.07) is 13.0. The molecule has 2 aromatic carbocycles. The molecule has 0 spiro atoms. The van der Waals surface area contributed by atoms with Gasteiger partial charge >= 0.3 is 0 Å². The molecule has 3 rings (SSSR count). The van der Waals surface area contributed by atoms with E-state index in [0.29, 0.717) is 11.1 Å². The standard InChI is InChI=1S/C22H22FN3O3/c23-19-10-8-18(9-11-19)20(22(28)24-26-13-1-2-14-26)15-17-5-3-16(4-6-17)7-12-21(27)25-29/h3-12,15,29H,1-2,13-14H2,(H,24,28)(H,25,27)/b12-7+,20-15-. The molecule has 3 N–H and O–H groups in total. The fourth-order valence-corrected chi connectivity index (χ4v) is 3.02. The second-order valence-electron chi connectivity index (χ2n) is 6.68. The van der Waals surface area contributed by atoms with Gasteiger partial charge in [-0.3, -0.25) is 20.2 Å². The van der Waals surface area contributed by atoms with E-state index in [1.54, 1.807) is 36.4 Å². The Hall–Kier alpha value is -3.29. The predicted octanol–water partition coefficient (Wildman–Crippen LogP) is 3.01. The minimum Gasteiger partial charge on any atom is -0.288 e. The Morgan fingerprint density at radius 2 is 1.59 bits per heavy atom. The van der Waals surface area contributed by atoms with Gasteiger partial charge in [-0.1, -0.05) is 36.4 Å². The number of halogens is 1. The van der Waals surface area contributed by atoms with Gasteiger partial charge in [0.2, 0.25) is 0 Å². The lowest BCUT2D eigenvalue weighted by Gasteiger charge is -2.18. The molecule has 150 valence electrons. The van der Waals surface area contributed by atoms with Crippen LogP contribution >= 0.6 is 0 Å². The van der Waals surface area contributed by atoms with Gasteiger partial charge in [0, 0.05) is 24.7 Å². The molecule has 1 fully saturated rings. The molecule has 0 aliphatic carbocycles. The van der Waals surface area contributed by atoms with Gasteiger partial charge in [-0.15, -0.1) is 0 Å². The fraction of sp³-hybridized carbons (Fsp3) is 0.182. The summed E-state index contributed by atoms with van der Waals surface area (Å²) in [6.07, 6.45) is 6.59. The molecule has 2 aromatic rings. The number of carbonyl (C=O) groups excluding carboxylic acids is 2. The molecule has 1 aliphatic rings. The molecule has 1 saturated heterocycles. The topological polar surface area (TPSA) is 81.7 Å². The first-order valence-corrected chi connectivity index (χ1v) is 9.31. The highest BCUT2D eigenvalue weighted by atomic mass is 19.1. The quantitative estimate of drug-likeness (QED) is 0.304. The van der Waals surface area contributed by atoms with Gasteiger partial charge in [-0.05, 0) is 53.8 Å². The predicted molar refractivity (Wildman–Crippen MR) is 109 cm³/mol. The number of hydrogen-bond donors (Lipinski definition) is 3. The first kappa shape index (κ1) is 20.4. The Balaban J connectivity index is 1.85. The number of hydrogen-bond acceptors (Lipinski definition) is 4. The molecule has 2 amide bonds. The number of hydrazine groups is 1. The summed E-state index contributed by atoms with van der Waals surface area (Å²) in [6.45, 7) is 1.62. The Labute approximate surface area is 168 Å². The van der Waals surface area contributed by atoms with Crippen LogP contribution in [0.25, 0.3) is 17.7 Å². The Kier molecular flexibility index (Phi) is 6.89. The first-order chi connectivity index (χ1) is 14.0. The minimum atomic E-state index is -0.619. The summed E-state index contributed by atoms with van der Waals surface area (Å²) >= 11 is 0. The van der Waals surface area contributed by atoms with E-state index in [9.17, 15) is 14.0 Å². The van der Waals surface area contributed by atoms with E-state index in [-0.39, 0.29) is 11.7 Å². The summed E-state index contributed by atoms with van der Waals surface area (Å²) in [5, 5.41) is 10.4. The van der Waals surface area contributed by atoms with Crippen LogP contribution in [0.1, 0.15) is 29.5 Å². The Morgan fingerprint density at radius 3 is 2.21 bits per heavy atom. The van der Waals surface area contributed by atoms with Gasteiger partial charge in [0.25, 0.3) is 11.8 Å². The van der Waals surface area contributed by atoms with Gasteiger partial charge in [-0.25, -0.2) is 14.9 Å². The molecule has 0 unspecified atom stereocenters. The number of amides is 2. The lowest BCUT2D eigenvalue weighted by Crippen LogP contribution is -2.40. The molecule has 7 heteroatoms. The van der Waals surface area contributed by atoms with E-state index in [4.69, 9.17) is 5.21 Å². The van der Waals surface area contributed by atoms with Crippen LogP contribution in [-0.4, -0.2) is 35.1 Å². The number of carbonyl (C=O) groups is 2. The number of benzene rings is 2. The largest absolute Gasteiger partial charge is 0.288 e. The average molecular weight is 395 g/mol. The van der Waals surface area contributed by atoms with Crippen molar-refractivity contribution < 1.29 is 19.2 Å². The van der Waals surface area contributed by atoms with Crippen LogP contribution in [0, 0.1) is 5.82 Å². The van der Waals surface area contributed by atoms with Crippen LogP contribution < -0.4 is 10.9 Å². The third-order valence-electron chi connectivity index (χ3n) is 4.55. The number of nitrogens with zero attached hydrogens (tertiary/aromatic N) is 1. The highest BCUT2D eigenvalue weighted by Gasteiger charge is 2.18. The summed E-state index contributed by atoms with van der Waals surface area (Å²) in [5.41, 5.74) is 7.03. The Bertz CT molecular complexity index is 915. The highest BCUT2D eigenvalue weighted by Crippen LogP contribution is 2.20. The number of rotatable bonds is 6. The SMILES string of the molecule is O=C(/C=C/c1ccc(/C=C(\C(=O)NN2CCCC2)c2ccc(F)cc2)cc1)NO. The van der Waals surface area contributed by atoms with E-state index < -0.39 is 5.91 Å². The molecule has 6 nitrogen and oxygen atoms in total. The fourth-order valence-electron chi connectivity index (χ4n) is 3.02. The number of hydroxylamine groups is 1. The molecular weight excluding hydrogens is 373 g/mol. The zero-order valence-corrected chi connectivity index (χ0v) is 15.8. The van der Waals surface area contributed by atoms with Gasteiger partial charge in [0.15, 0.2) is 0 Å². The molecule has 0 aromatic heterocycles. The van der Waals surface area contributed by atoms with E-state index in [2.05, 4.69) is 5.43 Å². The zero-order valence-electron chi connectivity index (χ0n) is 15.8. The van der Waals surface area contributed by atoms with Crippen molar-refractivity contribution in [2.45, 2.75) is 12.8 Å². The normalized spacial score (nSPS) is 14.9. The molecule has 0 radical (unpaired) electrons. The average Bonchev–Trinajstić information content (AvgIpc) is 3.24. The highest BCUT2D eigenvalue weighted by molar-refractivity contribution is 6.24. The maximum atomic E-state index is 13.3. The van der Waals surface area contributed by atoms with Crippen LogP contribution in [0.3, 0.4) is 0 Å². The zero-order chi connectivity index (χ0) is 20.6. The monoisotopic (exact) mass is 395 g/mol. The lowest BCUT2D eigenvalue weighted by molar-refractivity contribution is -0.124. The second-order valence-corrected chi connectivity index (χ2v) is 6.68. The molecule has 29 heavy (non-hydrogen) atoms. The van der Waals surface area contributed by atoms with Crippen molar-refractivity contribution in [2.75, 3.05) is 13.1 Å². The third kappa shape index (κ3) is 5.84. The van der Waals surface area contributed by atoms with E-state index in [1.165, 1.54) is 23.7 Å². The van der Waals surface area contributed by atoms with Crippen LogP contribution in [-0.2, 0) is 9.59 Å². The van der Waals surface area contributed by atoms with E-state index in [0.717, 1.165) is 37.1 Å². The van der Waals surface area contributed by atoms with Crippen LogP contribution in [0.5, 0.6) is 0 Å². The van der Waals surface area contributed by atoms with Gasteiger partial charge in [0.05, 0.1) is 0 Å². The van der Waals surface area contributed by atoms with Crippen molar-refractivity contribution in [1.29, 1.82) is 0 Å². The van der Waals surface area contributed by atoms with Crippen molar-refractivity contribution in [3.63, 3.8) is 0 Å². The van der Waals surface area contributed by atoms with Crippen LogP contribution in [0.2, 0.25) is 0 Å². The minimum absolute atomic E-state index is 0.248. The molecule has 0 saturated carbocycles. The van der Waals surface area contributed by atoms with E-state index >= 15 is 0 Å². The summed E-state index contributed by atoms with van der Waals surface area (Å²) in [4.78, 5) is 23.9. The summed E-state index contributed by atoms with van der Waals surface area (Å²) in [7, 11) is 0. The maximum Gasteiger partial charge on any atom is 0.267 e. The van der Waals surface area contributed by atoms with Crippen molar-refractivity contribution in [3.8, 4) is 0 Å². The van der Waals surface area contributed by atoms with Crippen molar-refractivity contribution in [2.24, 2.45) is 0 Å². The van der Waals surface area contributed by atoms with Gasteiger partial charge in [-0.2, -0.15) is 0 Å². The second kappa shape index (κ2) is 9.77. The molecule has 0 atom stereocenters. The smallest absolute Gasteiger partial charge is 0.267 e. The van der Waals surface area contributed by atoms with Crippen LogP contribution in [0.4, 0.5) is 4.39 Å². The van der Waals surface area contributed by atoms with Crippen LogP contribution in [0.15, 0.2) is 54.6 Å². The summed E-state index contributed by atoms with van der Waals surface area (Å²) in [5.74, 6) is -1.23. The van der Waals surface area contributed by atoms with Crippen molar-refractivity contribution in [1.82, 2.24) is 15.9 Å². The molecule has 1 heterocycles. The molecule has 0 bridgehead atoms. The first-order valence-electron chi connectivity index (χ1n) is 9.31. The van der Waals surface area contributed by atoms with Crippen molar-refractivity contribution in [3.05, 3.63) is 77.1 Å². The maximum absolute atomic E-state index is 13.3.